The molecule has 1 atom stereocenters. The van der Waals surface area contributed by atoms with Gasteiger partial charge in [-0.25, -0.2) is 0 Å². The van der Waals surface area contributed by atoms with Gasteiger partial charge in [0.1, 0.15) is 0 Å². The summed E-state index contributed by atoms with van der Waals surface area (Å²) in [6.45, 7) is 7.41. The number of hydrogen-bond donors (Lipinski definition) is 1. The molecule has 1 N–H and O–H groups in total. The fourth-order valence-electron chi connectivity index (χ4n) is 1.85. The average molecular weight is 286 g/mol. The molecule has 0 spiro atoms. The summed E-state index contributed by atoms with van der Waals surface area (Å²) in [5.74, 6) is 0. The van der Waals surface area contributed by atoms with Gasteiger partial charge in [-0.15, -0.1) is 0 Å². The van der Waals surface area contributed by atoms with Crippen molar-refractivity contribution in [3.05, 3.63) is 45.5 Å². The van der Waals surface area contributed by atoms with E-state index in [0.717, 1.165) is 30.0 Å². The SMILES string of the molecule is CCCNC(C=C(C)C)Cc1ccc(Cl)cc1Cl. The van der Waals surface area contributed by atoms with Crippen molar-refractivity contribution in [3.63, 3.8) is 0 Å². The van der Waals surface area contributed by atoms with Crippen molar-refractivity contribution < 1.29 is 0 Å². The third-order valence-electron chi connectivity index (χ3n) is 2.65. The molecule has 0 radical (unpaired) electrons. The van der Waals surface area contributed by atoms with Crippen LogP contribution in [0.25, 0.3) is 0 Å². The predicted octanol–water partition coefficient (Wildman–Crippen LogP) is 4.87. The molecule has 0 bridgehead atoms. The molecule has 0 aliphatic rings. The molecule has 0 amide bonds. The third-order valence-corrected chi connectivity index (χ3v) is 3.23. The van der Waals surface area contributed by atoms with Crippen molar-refractivity contribution in [3.8, 4) is 0 Å². The lowest BCUT2D eigenvalue weighted by Gasteiger charge is -2.16. The molecule has 1 nitrogen and oxygen atoms in total. The highest BCUT2D eigenvalue weighted by Gasteiger charge is 2.09. The maximum atomic E-state index is 6.21. The number of allylic oxidation sites excluding steroid dienone is 1. The van der Waals surface area contributed by atoms with E-state index in [9.17, 15) is 0 Å². The van der Waals surface area contributed by atoms with Crippen molar-refractivity contribution in [1.29, 1.82) is 0 Å². The van der Waals surface area contributed by atoms with Gasteiger partial charge in [-0.05, 0) is 50.9 Å². The van der Waals surface area contributed by atoms with E-state index >= 15 is 0 Å². The van der Waals surface area contributed by atoms with Gasteiger partial charge in [0.15, 0.2) is 0 Å². The summed E-state index contributed by atoms with van der Waals surface area (Å²) in [6, 6.07) is 6.03. The topological polar surface area (TPSA) is 12.0 Å². The molecule has 0 aliphatic carbocycles. The van der Waals surface area contributed by atoms with Crippen LogP contribution in [-0.2, 0) is 6.42 Å². The summed E-state index contributed by atoms with van der Waals surface area (Å²) in [5.41, 5.74) is 2.45. The van der Waals surface area contributed by atoms with Gasteiger partial charge in [-0.2, -0.15) is 0 Å². The van der Waals surface area contributed by atoms with Gasteiger partial charge in [0.25, 0.3) is 0 Å². The van der Waals surface area contributed by atoms with Crippen LogP contribution in [0.4, 0.5) is 0 Å². The van der Waals surface area contributed by atoms with Crippen molar-refractivity contribution in [2.75, 3.05) is 6.54 Å². The smallest absolute Gasteiger partial charge is 0.0453 e. The Labute approximate surface area is 120 Å². The number of rotatable bonds is 6. The summed E-state index contributed by atoms with van der Waals surface area (Å²) in [6.07, 6.45) is 4.27. The van der Waals surface area contributed by atoms with Crippen LogP contribution in [0.15, 0.2) is 29.8 Å². The summed E-state index contributed by atoms with van der Waals surface area (Å²) < 4.78 is 0. The first-order valence-electron chi connectivity index (χ1n) is 6.35. The zero-order chi connectivity index (χ0) is 13.5. The fourth-order valence-corrected chi connectivity index (χ4v) is 2.33. The van der Waals surface area contributed by atoms with E-state index in [0.29, 0.717) is 11.1 Å². The van der Waals surface area contributed by atoms with E-state index in [1.165, 1.54) is 5.57 Å². The van der Waals surface area contributed by atoms with Crippen LogP contribution >= 0.6 is 23.2 Å². The summed E-state index contributed by atoms with van der Waals surface area (Å²) >= 11 is 12.1. The molecule has 0 heterocycles. The van der Waals surface area contributed by atoms with Crippen LogP contribution in [0.5, 0.6) is 0 Å². The summed E-state index contributed by atoms with van der Waals surface area (Å²) in [7, 11) is 0. The van der Waals surface area contributed by atoms with Crippen LogP contribution < -0.4 is 5.32 Å². The van der Waals surface area contributed by atoms with Gasteiger partial charge in [-0.1, -0.05) is 47.8 Å². The highest BCUT2D eigenvalue weighted by atomic mass is 35.5. The van der Waals surface area contributed by atoms with E-state index in [2.05, 4.69) is 32.2 Å². The Morgan fingerprint density at radius 1 is 1.33 bits per heavy atom. The average Bonchev–Trinajstić information content (AvgIpc) is 2.29. The number of hydrogen-bond acceptors (Lipinski definition) is 1. The highest BCUT2D eigenvalue weighted by molar-refractivity contribution is 6.35. The summed E-state index contributed by atoms with van der Waals surface area (Å²) in [5, 5.41) is 4.95. The van der Waals surface area contributed by atoms with E-state index in [1.54, 1.807) is 6.07 Å². The van der Waals surface area contributed by atoms with Crippen LogP contribution in [-0.4, -0.2) is 12.6 Å². The first-order chi connectivity index (χ1) is 8.52. The molecule has 0 aliphatic heterocycles. The molecule has 0 saturated heterocycles. The van der Waals surface area contributed by atoms with Gasteiger partial charge in [-0.3, -0.25) is 0 Å². The number of benzene rings is 1. The Morgan fingerprint density at radius 2 is 2.06 bits per heavy atom. The molecule has 1 aromatic rings. The van der Waals surface area contributed by atoms with Crippen molar-refractivity contribution in [1.82, 2.24) is 5.32 Å². The van der Waals surface area contributed by atoms with Crippen LogP contribution in [0.1, 0.15) is 32.8 Å². The minimum Gasteiger partial charge on any atom is -0.310 e. The van der Waals surface area contributed by atoms with Gasteiger partial charge in [0.05, 0.1) is 0 Å². The molecule has 18 heavy (non-hydrogen) atoms. The molecule has 1 aromatic carbocycles. The largest absolute Gasteiger partial charge is 0.310 e. The second kappa shape index (κ2) is 7.83. The van der Waals surface area contributed by atoms with Crippen LogP contribution in [0.3, 0.4) is 0 Å². The molecule has 3 heteroatoms. The lowest BCUT2D eigenvalue weighted by Crippen LogP contribution is -2.30. The highest BCUT2D eigenvalue weighted by Crippen LogP contribution is 2.22. The Hall–Kier alpha value is -0.500. The lowest BCUT2D eigenvalue weighted by atomic mass is 10.0. The quantitative estimate of drug-likeness (QED) is 0.736. The molecular formula is C15H21Cl2N. The zero-order valence-electron chi connectivity index (χ0n) is 11.3. The maximum Gasteiger partial charge on any atom is 0.0453 e. The van der Waals surface area contributed by atoms with E-state index in [4.69, 9.17) is 23.2 Å². The normalized spacial score (nSPS) is 12.3. The summed E-state index contributed by atoms with van der Waals surface area (Å²) in [4.78, 5) is 0. The molecule has 0 saturated carbocycles. The molecular weight excluding hydrogens is 265 g/mol. The minimum atomic E-state index is 0.327. The Bertz CT molecular complexity index is 409. The number of nitrogens with one attached hydrogen (secondary N) is 1. The van der Waals surface area contributed by atoms with Crippen molar-refractivity contribution in [2.24, 2.45) is 0 Å². The molecule has 0 aromatic heterocycles. The predicted molar refractivity (Wildman–Crippen MR) is 81.7 cm³/mol. The standard InChI is InChI=1S/C15H21Cl2N/c1-4-7-18-14(8-11(2)3)9-12-5-6-13(16)10-15(12)17/h5-6,8,10,14,18H,4,7,9H2,1-3H3. The lowest BCUT2D eigenvalue weighted by molar-refractivity contribution is 0.582. The molecule has 1 unspecified atom stereocenters. The van der Waals surface area contributed by atoms with Crippen molar-refractivity contribution >= 4 is 23.2 Å². The monoisotopic (exact) mass is 285 g/mol. The van der Waals surface area contributed by atoms with E-state index < -0.39 is 0 Å². The molecule has 1 rings (SSSR count). The first-order valence-corrected chi connectivity index (χ1v) is 7.11. The molecule has 0 fully saturated rings. The third kappa shape index (κ3) is 5.43. The second-order valence-corrected chi connectivity index (χ2v) is 5.59. The minimum absolute atomic E-state index is 0.327. The van der Waals surface area contributed by atoms with Crippen LogP contribution in [0.2, 0.25) is 10.0 Å². The van der Waals surface area contributed by atoms with E-state index in [1.807, 2.05) is 12.1 Å². The van der Waals surface area contributed by atoms with Gasteiger partial charge in [0, 0.05) is 16.1 Å². The van der Waals surface area contributed by atoms with Crippen LogP contribution in [0, 0.1) is 0 Å². The zero-order valence-corrected chi connectivity index (χ0v) is 12.8. The van der Waals surface area contributed by atoms with Gasteiger partial charge < -0.3 is 5.32 Å². The van der Waals surface area contributed by atoms with Gasteiger partial charge in [0.2, 0.25) is 0 Å². The first kappa shape index (κ1) is 15.6. The fraction of sp³-hybridized carbons (Fsp3) is 0.467. The Balaban J connectivity index is 2.78. The van der Waals surface area contributed by atoms with Crippen molar-refractivity contribution in [2.45, 2.75) is 39.7 Å². The number of halogens is 2. The Kier molecular flexibility index (Phi) is 6.77. The second-order valence-electron chi connectivity index (χ2n) is 4.74. The van der Waals surface area contributed by atoms with Gasteiger partial charge >= 0.3 is 0 Å². The molecule has 100 valence electrons. The Morgan fingerprint density at radius 3 is 2.61 bits per heavy atom. The maximum absolute atomic E-state index is 6.21. The van der Waals surface area contributed by atoms with E-state index in [-0.39, 0.29) is 0 Å².